The molecule has 0 aliphatic rings. The van der Waals surface area contributed by atoms with Crippen molar-refractivity contribution in [1.82, 2.24) is 9.97 Å². The topological polar surface area (TPSA) is 73.3 Å². The quantitative estimate of drug-likeness (QED) is 0.705. The van der Waals surface area contributed by atoms with E-state index in [2.05, 4.69) is 15.3 Å². The monoisotopic (exact) mass is 365 g/mol. The lowest BCUT2D eigenvalue weighted by Gasteiger charge is -2.13. The first-order chi connectivity index (χ1) is 13.0. The number of aryl methyl sites for hydroxylation is 2. The normalized spacial score (nSPS) is 10.7. The zero-order valence-corrected chi connectivity index (χ0v) is 16.0. The first-order valence-electron chi connectivity index (χ1n) is 8.89. The Bertz CT molecular complexity index is 986. The number of para-hydroxylation sites is 2. The Kier molecular flexibility index (Phi) is 5.54. The highest BCUT2D eigenvalue weighted by Crippen LogP contribution is 2.26. The van der Waals surface area contributed by atoms with Gasteiger partial charge in [-0.05, 0) is 55.7 Å². The molecule has 0 unspecified atom stereocenters. The van der Waals surface area contributed by atoms with Crippen molar-refractivity contribution in [1.29, 1.82) is 0 Å². The average molecular weight is 365 g/mol. The fourth-order valence-corrected chi connectivity index (χ4v) is 2.67. The molecule has 1 heterocycles. The smallest absolute Gasteiger partial charge is 0.280 e. The number of rotatable bonds is 6. The number of nitrogens with zero attached hydrogens (tertiary/aromatic N) is 2. The summed E-state index contributed by atoms with van der Waals surface area (Å²) in [6.07, 6.45) is 0.806. The lowest BCUT2D eigenvalue weighted by atomic mass is 10.1. The summed E-state index contributed by atoms with van der Waals surface area (Å²) in [5, 5.41) is 2.84. The van der Waals surface area contributed by atoms with Crippen LogP contribution in [0.15, 0.2) is 36.4 Å². The molecule has 0 aliphatic carbocycles. The van der Waals surface area contributed by atoms with Gasteiger partial charge in [-0.1, -0.05) is 19.1 Å². The van der Waals surface area contributed by atoms with Crippen LogP contribution in [0.1, 0.15) is 35.0 Å². The lowest BCUT2D eigenvalue weighted by molar-refractivity contribution is 0.101. The van der Waals surface area contributed by atoms with Gasteiger partial charge in [0.2, 0.25) is 5.88 Å². The third kappa shape index (κ3) is 4.00. The number of benzene rings is 2. The van der Waals surface area contributed by atoms with Crippen molar-refractivity contribution in [3.8, 4) is 11.6 Å². The van der Waals surface area contributed by atoms with E-state index in [0.717, 1.165) is 17.5 Å². The molecule has 1 aromatic heterocycles. The van der Waals surface area contributed by atoms with Crippen LogP contribution in [0.5, 0.6) is 11.6 Å². The summed E-state index contributed by atoms with van der Waals surface area (Å²) in [5.41, 5.74) is 4.29. The van der Waals surface area contributed by atoms with Crippen LogP contribution in [-0.4, -0.2) is 29.6 Å². The first-order valence-corrected chi connectivity index (χ1v) is 8.89. The zero-order chi connectivity index (χ0) is 19.4. The van der Waals surface area contributed by atoms with E-state index in [1.54, 1.807) is 19.2 Å². The maximum absolute atomic E-state index is 12.9. The molecule has 0 atom stereocenters. The number of carbonyl (C=O) groups is 1. The molecule has 140 valence electrons. The minimum atomic E-state index is -0.391. The molecule has 3 rings (SSSR count). The number of anilines is 1. The van der Waals surface area contributed by atoms with Gasteiger partial charge < -0.3 is 14.8 Å². The predicted molar refractivity (Wildman–Crippen MR) is 106 cm³/mol. The molecular formula is C21H23N3O3. The molecule has 0 radical (unpaired) electrons. The largest absolute Gasteiger partial charge is 0.495 e. The van der Waals surface area contributed by atoms with Gasteiger partial charge in [0, 0.05) is 0 Å². The van der Waals surface area contributed by atoms with E-state index in [1.165, 1.54) is 0 Å². The van der Waals surface area contributed by atoms with Crippen LogP contribution in [-0.2, 0) is 0 Å². The second-order valence-corrected chi connectivity index (χ2v) is 6.31. The third-order valence-corrected chi connectivity index (χ3v) is 4.26. The number of fused-ring (bicyclic) bond motifs is 1. The fraction of sp³-hybridized carbons (Fsp3) is 0.286. The number of ether oxygens (including phenoxy) is 2. The van der Waals surface area contributed by atoms with Crippen molar-refractivity contribution in [3.05, 3.63) is 53.2 Å². The fourth-order valence-electron chi connectivity index (χ4n) is 2.67. The molecule has 0 spiro atoms. The zero-order valence-electron chi connectivity index (χ0n) is 16.0. The number of hydrogen-bond donors (Lipinski definition) is 1. The van der Waals surface area contributed by atoms with E-state index in [-0.39, 0.29) is 11.6 Å². The van der Waals surface area contributed by atoms with E-state index in [9.17, 15) is 4.79 Å². The van der Waals surface area contributed by atoms with Crippen LogP contribution < -0.4 is 14.8 Å². The summed E-state index contributed by atoms with van der Waals surface area (Å²) in [5.74, 6) is 0.417. The standard InChI is InChI=1S/C21H23N3O3/c1-5-10-27-21-19(20(25)23-15-8-6-7-9-18(15)26-4)22-16-11-13(2)14(3)12-17(16)24-21/h6-9,11-12H,5,10H2,1-4H3,(H,23,25). The van der Waals surface area contributed by atoms with Crippen molar-refractivity contribution < 1.29 is 14.3 Å². The van der Waals surface area contributed by atoms with Crippen molar-refractivity contribution in [3.63, 3.8) is 0 Å². The summed E-state index contributed by atoms with van der Waals surface area (Å²) in [6, 6.07) is 11.1. The molecule has 0 saturated heterocycles. The summed E-state index contributed by atoms with van der Waals surface area (Å²) >= 11 is 0. The van der Waals surface area contributed by atoms with Crippen LogP contribution in [0.25, 0.3) is 11.0 Å². The van der Waals surface area contributed by atoms with Crippen LogP contribution in [0.2, 0.25) is 0 Å². The molecule has 1 N–H and O–H groups in total. The highest BCUT2D eigenvalue weighted by atomic mass is 16.5. The Labute approximate surface area is 158 Å². The van der Waals surface area contributed by atoms with Gasteiger partial charge in [0.05, 0.1) is 30.4 Å². The lowest BCUT2D eigenvalue weighted by Crippen LogP contribution is -2.17. The van der Waals surface area contributed by atoms with Gasteiger partial charge in [0.15, 0.2) is 5.69 Å². The molecule has 0 bridgehead atoms. The molecule has 3 aromatic rings. The van der Waals surface area contributed by atoms with Gasteiger partial charge in [-0.15, -0.1) is 0 Å². The van der Waals surface area contributed by atoms with E-state index in [4.69, 9.17) is 9.47 Å². The van der Waals surface area contributed by atoms with E-state index >= 15 is 0 Å². The summed E-state index contributed by atoms with van der Waals surface area (Å²) in [6.45, 7) is 6.48. The molecule has 0 saturated carbocycles. The second-order valence-electron chi connectivity index (χ2n) is 6.31. The molecule has 6 nitrogen and oxygen atoms in total. The molecule has 27 heavy (non-hydrogen) atoms. The maximum atomic E-state index is 12.9. The first kappa shape index (κ1) is 18.6. The minimum absolute atomic E-state index is 0.158. The highest BCUT2D eigenvalue weighted by molar-refractivity contribution is 6.06. The maximum Gasteiger partial charge on any atom is 0.280 e. The van der Waals surface area contributed by atoms with Crippen molar-refractivity contribution in [2.75, 3.05) is 19.0 Å². The van der Waals surface area contributed by atoms with E-state index in [0.29, 0.717) is 29.1 Å². The molecule has 2 aromatic carbocycles. The minimum Gasteiger partial charge on any atom is -0.495 e. The molecule has 0 aliphatic heterocycles. The highest BCUT2D eigenvalue weighted by Gasteiger charge is 2.19. The van der Waals surface area contributed by atoms with Gasteiger partial charge in [0.25, 0.3) is 5.91 Å². The van der Waals surface area contributed by atoms with Crippen LogP contribution >= 0.6 is 0 Å². The van der Waals surface area contributed by atoms with Crippen molar-refractivity contribution in [2.24, 2.45) is 0 Å². The van der Waals surface area contributed by atoms with Crippen LogP contribution in [0, 0.1) is 13.8 Å². The Morgan fingerprint density at radius 1 is 1.07 bits per heavy atom. The number of carbonyl (C=O) groups excluding carboxylic acids is 1. The number of amides is 1. The molecule has 0 fully saturated rings. The predicted octanol–water partition coefficient (Wildman–Crippen LogP) is 4.30. The van der Waals surface area contributed by atoms with E-state index < -0.39 is 5.91 Å². The summed E-state index contributed by atoms with van der Waals surface area (Å²) < 4.78 is 11.0. The molecular weight excluding hydrogens is 342 g/mol. The SMILES string of the molecule is CCCOc1nc2cc(C)c(C)cc2nc1C(=O)Nc1ccccc1OC. The van der Waals surface area contributed by atoms with Crippen LogP contribution in [0.3, 0.4) is 0 Å². The average Bonchev–Trinajstić information content (AvgIpc) is 2.67. The van der Waals surface area contributed by atoms with Gasteiger partial charge in [0.1, 0.15) is 5.75 Å². The second kappa shape index (κ2) is 8.03. The summed E-state index contributed by atoms with van der Waals surface area (Å²) in [7, 11) is 1.56. The van der Waals surface area contributed by atoms with Crippen LogP contribution in [0.4, 0.5) is 5.69 Å². The third-order valence-electron chi connectivity index (χ3n) is 4.26. The van der Waals surface area contributed by atoms with Gasteiger partial charge in [-0.2, -0.15) is 0 Å². The van der Waals surface area contributed by atoms with Gasteiger partial charge >= 0.3 is 0 Å². The van der Waals surface area contributed by atoms with Crippen molar-refractivity contribution in [2.45, 2.75) is 27.2 Å². The van der Waals surface area contributed by atoms with Gasteiger partial charge in [-0.3, -0.25) is 4.79 Å². The molecule has 6 heteroatoms. The number of nitrogens with one attached hydrogen (secondary N) is 1. The van der Waals surface area contributed by atoms with Crippen molar-refractivity contribution >= 4 is 22.6 Å². The Morgan fingerprint density at radius 3 is 2.41 bits per heavy atom. The van der Waals surface area contributed by atoms with Gasteiger partial charge in [-0.25, -0.2) is 9.97 Å². The number of hydrogen-bond acceptors (Lipinski definition) is 5. The molecule has 1 amide bonds. The van der Waals surface area contributed by atoms with E-state index in [1.807, 2.05) is 45.0 Å². The number of methoxy groups -OCH3 is 1. The Morgan fingerprint density at radius 2 is 1.74 bits per heavy atom. The Balaban J connectivity index is 2.04. The Hall–Kier alpha value is -3.15. The summed E-state index contributed by atoms with van der Waals surface area (Å²) in [4.78, 5) is 22.0. The number of aromatic nitrogens is 2.